The second-order valence-corrected chi connectivity index (χ2v) is 2.93. The molecular weight excluding hydrogens is 202 g/mol. The van der Waals surface area contributed by atoms with Crippen LogP contribution >= 0.6 is 0 Å². The Morgan fingerprint density at radius 3 is 2.50 bits per heavy atom. The molecule has 86 valence electrons. The van der Waals surface area contributed by atoms with E-state index in [1.54, 1.807) is 22.0 Å². The minimum Gasteiger partial charge on any atom is -0.317 e. The molecule has 2 rings (SSSR count). The van der Waals surface area contributed by atoms with Gasteiger partial charge in [0, 0.05) is 19.4 Å². The predicted octanol–water partition coefficient (Wildman–Crippen LogP) is 1.59. The molecule has 0 fully saturated rings. The Labute approximate surface area is 95.8 Å². The molecule has 0 spiro atoms. The number of nitrogens with zero attached hydrogens (tertiary/aromatic N) is 4. The maximum atomic E-state index is 4.23. The molecule has 0 saturated heterocycles. The Kier molecular flexibility index (Phi) is 3.88. The van der Waals surface area contributed by atoms with Crippen molar-refractivity contribution in [1.82, 2.24) is 20.0 Å². The summed E-state index contributed by atoms with van der Waals surface area (Å²) < 4.78 is 1.63. The van der Waals surface area contributed by atoms with Gasteiger partial charge in [0.2, 0.25) is 5.96 Å². The first-order valence-corrected chi connectivity index (χ1v) is 5.16. The monoisotopic (exact) mass is 219 g/mol. The van der Waals surface area contributed by atoms with E-state index in [2.05, 4.69) is 28.6 Å². The summed E-state index contributed by atoms with van der Waals surface area (Å²) in [5, 5.41) is 7.08. The van der Waals surface area contributed by atoms with Crippen LogP contribution in [0.25, 0.3) is 0 Å². The first-order valence-electron chi connectivity index (χ1n) is 5.16. The molecule has 0 amide bonds. The van der Waals surface area contributed by atoms with Crippen LogP contribution in [0.2, 0.25) is 0 Å². The SMILES string of the molecule is C=C1N=C(n2cccn2)NC(=C)N1C.CC. The molecule has 16 heavy (non-hydrogen) atoms. The lowest BCUT2D eigenvalue weighted by Crippen LogP contribution is -2.40. The summed E-state index contributed by atoms with van der Waals surface area (Å²) in [6.07, 6.45) is 3.49. The van der Waals surface area contributed by atoms with Gasteiger partial charge in [-0.15, -0.1) is 0 Å². The second-order valence-electron chi connectivity index (χ2n) is 2.93. The van der Waals surface area contributed by atoms with E-state index in [1.807, 2.05) is 27.0 Å². The van der Waals surface area contributed by atoms with Crippen LogP contribution in [0.5, 0.6) is 0 Å². The standard InChI is InChI=1S/C9H11N5.C2H6/c1-7-11-9(12-8(2)13(7)3)14-6-4-5-10-14;1-2/h4-6H,1-2H2,3H3,(H,11,12);1-2H3. The Hall–Kier alpha value is -2.04. The Balaban J connectivity index is 0.000000606. The Bertz CT molecular complexity index is 402. The zero-order valence-electron chi connectivity index (χ0n) is 9.94. The lowest BCUT2D eigenvalue weighted by Gasteiger charge is -2.27. The van der Waals surface area contributed by atoms with Crippen molar-refractivity contribution in [3.63, 3.8) is 0 Å². The molecule has 5 nitrogen and oxygen atoms in total. The summed E-state index contributed by atoms with van der Waals surface area (Å²) >= 11 is 0. The predicted molar refractivity (Wildman–Crippen MR) is 65.6 cm³/mol. The van der Waals surface area contributed by atoms with Crippen molar-refractivity contribution >= 4 is 5.96 Å². The number of aromatic nitrogens is 2. The molecule has 0 aromatic carbocycles. The molecule has 0 saturated carbocycles. The van der Waals surface area contributed by atoms with E-state index in [0.717, 1.165) is 5.82 Å². The number of hydrogen-bond donors (Lipinski definition) is 1. The van der Waals surface area contributed by atoms with E-state index in [0.29, 0.717) is 11.8 Å². The highest BCUT2D eigenvalue weighted by Crippen LogP contribution is 2.11. The van der Waals surface area contributed by atoms with Gasteiger partial charge in [-0.1, -0.05) is 27.0 Å². The van der Waals surface area contributed by atoms with Crippen molar-refractivity contribution < 1.29 is 0 Å². The summed E-state index contributed by atoms with van der Waals surface area (Å²) in [6, 6.07) is 1.83. The fourth-order valence-electron chi connectivity index (χ4n) is 1.10. The van der Waals surface area contributed by atoms with Gasteiger partial charge in [0.25, 0.3) is 0 Å². The number of hydrogen-bond acceptors (Lipinski definition) is 4. The van der Waals surface area contributed by atoms with Crippen molar-refractivity contribution in [1.29, 1.82) is 0 Å². The molecule has 5 heteroatoms. The fourth-order valence-corrected chi connectivity index (χ4v) is 1.10. The molecule has 1 aromatic heterocycles. The highest BCUT2D eigenvalue weighted by Gasteiger charge is 2.15. The second kappa shape index (κ2) is 5.16. The van der Waals surface area contributed by atoms with Gasteiger partial charge in [-0.25, -0.2) is 4.68 Å². The van der Waals surface area contributed by atoms with Crippen LogP contribution < -0.4 is 5.32 Å². The smallest absolute Gasteiger partial charge is 0.231 e. The van der Waals surface area contributed by atoms with Gasteiger partial charge >= 0.3 is 0 Å². The third kappa shape index (κ3) is 2.31. The first-order chi connectivity index (χ1) is 7.68. The zero-order chi connectivity index (χ0) is 12.1. The summed E-state index contributed by atoms with van der Waals surface area (Å²) in [5.41, 5.74) is 0. The van der Waals surface area contributed by atoms with Crippen molar-refractivity contribution in [3.05, 3.63) is 43.3 Å². The van der Waals surface area contributed by atoms with Gasteiger partial charge in [-0.2, -0.15) is 10.1 Å². The van der Waals surface area contributed by atoms with Crippen LogP contribution in [0.1, 0.15) is 13.8 Å². The molecule has 0 atom stereocenters. The molecule has 1 N–H and O–H groups in total. The van der Waals surface area contributed by atoms with Crippen LogP contribution in [0.15, 0.2) is 48.3 Å². The molecule has 0 radical (unpaired) electrons. The van der Waals surface area contributed by atoms with Gasteiger partial charge in [0.15, 0.2) is 0 Å². The van der Waals surface area contributed by atoms with E-state index >= 15 is 0 Å². The lowest BCUT2D eigenvalue weighted by molar-refractivity contribution is 0.474. The minimum absolute atomic E-state index is 0.614. The highest BCUT2D eigenvalue weighted by atomic mass is 15.4. The molecule has 0 unspecified atom stereocenters. The largest absolute Gasteiger partial charge is 0.317 e. The summed E-state index contributed by atoms with van der Waals surface area (Å²) in [4.78, 5) is 6.00. The summed E-state index contributed by atoms with van der Waals surface area (Å²) in [6.45, 7) is 11.6. The van der Waals surface area contributed by atoms with Crippen molar-refractivity contribution in [2.45, 2.75) is 13.8 Å². The van der Waals surface area contributed by atoms with E-state index in [1.165, 1.54) is 0 Å². The minimum atomic E-state index is 0.614. The number of aliphatic imine (C=N–C) groups is 1. The zero-order valence-corrected chi connectivity index (χ0v) is 9.94. The van der Waals surface area contributed by atoms with E-state index in [4.69, 9.17) is 0 Å². The van der Waals surface area contributed by atoms with E-state index in [9.17, 15) is 0 Å². The molecule has 0 bridgehead atoms. The van der Waals surface area contributed by atoms with Crippen LogP contribution in [0.3, 0.4) is 0 Å². The number of nitrogens with one attached hydrogen (secondary N) is 1. The summed E-state index contributed by atoms with van der Waals surface area (Å²) in [5.74, 6) is 1.98. The van der Waals surface area contributed by atoms with Gasteiger partial charge in [0.1, 0.15) is 11.6 Å². The van der Waals surface area contributed by atoms with Crippen molar-refractivity contribution in [3.8, 4) is 0 Å². The average molecular weight is 219 g/mol. The highest BCUT2D eigenvalue weighted by molar-refractivity contribution is 5.84. The third-order valence-electron chi connectivity index (χ3n) is 2.00. The molecular formula is C11H17N5. The van der Waals surface area contributed by atoms with Crippen molar-refractivity contribution in [2.24, 2.45) is 4.99 Å². The third-order valence-corrected chi connectivity index (χ3v) is 2.00. The molecule has 2 heterocycles. The normalized spacial score (nSPS) is 14.9. The summed E-state index contributed by atoms with van der Waals surface area (Å²) in [7, 11) is 1.85. The van der Waals surface area contributed by atoms with Gasteiger partial charge in [-0.05, 0) is 6.07 Å². The average Bonchev–Trinajstić information content (AvgIpc) is 2.81. The lowest BCUT2D eigenvalue weighted by atomic mass is 10.5. The van der Waals surface area contributed by atoms with Crippen LogP contribution in [-0.2, 0) is 0 Å². The van der Waals surface area contributed by atoms with E-state index in [-0.39, 0.29) is 0 Å². The maximum absolute atomic E-state index is 4.23. The quantitative estimate of drug-likeness (QED) is 0.720. The Morgan fingerprint density at radius 2 is 2.00 bits per heavy atom. The van der Waals surface area contributed by atoms with Crippen molar-refractivity contribution in [2.75, 3.05) is 7.05 Å². The topological polar surface area (TPSA) is 45.5 Å². The van der Waals surface area contributed by atoms with Gasteiger partial charge in [0.05, 0.1) is 0 Å². The van der Waals surface area contributed by atoms with Gasteiger partial charge in [-0.3, -0.25) is 0 Å². The van der Waals surface area contributed by atoms with Crippen LogP contribution in [0, 0.1) is 0 Å². The molecule has 1 aromatic rings. The Morgan fingerprint density at radius 1 is 1.31 bits per heavy atom. The fraction of sp³-hybridized carbons (Fsp3) is 0.273. The van der Waals surface area contributed by atoms with Gasteiger partial charge < -0.3 is 10.2 Å². The molecule has 1 aliphatic rings. The number of rotatable bonds is 0. The van der Waals surface area contributed by atoms with E-state index < -0.39 is 0 Å². The van der Waals surface area contributed by atoms with Crippen LogP contribution in [-0.4, -0.2) is 27.7 Å². The van der Waals surface area contributed by atoms with Crippen LogP contribution in [0.4, 0.5) is 0 Å². The molecule has 1 aliphatic heterocycles. The maximum Gasteiger partial charge on any atom is 0.231 e. The molecule has 0 aliphatic carbocycles. The first kappa shape index (κ1) is 12.0.